The van der Waals surface area contributed by atoms with Crippen molar-refractivity contribution in [1.29, 1.82) is 0 Å². The van der Waals surface area contributed by atoms with Gasteiger partial charge in [0.1, 0.15) is 15.8 Å². The average molecular weight is 467 g/mol. The molecule has 5 rings (SSSR count). The predicted molar refractivity (Wildman–Crippen MR) is 110 cm³/mol. The highest BCUT2D eigenvalue weighted by Gasteiger charge is 2.40. The molecule has 8 heteroatoms. The van der Waals surface area contributed by atoms with Gasteiger partial charge in [-0.1, -0.05) is 0 Å². The van der Waals surface area contributed by atoms with Gasteiger partial charge in [0.05, 0.1) is 11.4 Å². The van der Waals surface area contributed by atoms with Crippen LogP contribution in [-0.2, 0) is 0 Å². The van der Waals surface area contributed by atoms with Crippen LogP contribution in [0.3, 0.4) is 0 Å². The Balaban J connectivity index is 1.30. The van der Waals surface area contributed by atoms with Crippen LogP contribution in [-0.4, -0.2) is 67.8 Å². The van der Waals surface area contributed by atoms with Crippen LogP contribution < -0.4 is 5.73 Å². The third-order valence-electron chi connectivity index (χ3n) is 6.88. The quantitative estimate of drug-likeness (QED) is 0.684. The van der Waals surface area contributed by atoms with E-state index < -0.39 is 0 Å². The predicted octanol–water partition coefficient (Wildman–Crippen LogP) is 2.28. The topological polar surface area (TPSA) is 76.1 Å². The smallest absolute Gasteiger partial charge is 0.164 e. The molecule has 2 unspecified atom stereocenters. The van der Waals surface area contributed by atoms with E-state index in [-0.39, 0.29) is 0 Å². The molecule has 2 bridgehead atoms. The molecule has 2 aliphatic heterocycles. The molecule has 2 atom stereocenters. The average Bonchev–Trinajstić information content (AvgIpc) is 3.07. The Kier molecular flexibility index (Phi) is 4.32. The molecule has 0 radical (unpaired) electrons. The number of fused-ring (bicyclic) bond motifs is 3. The fourth-order valence-electron chi connectivity index (χ4n) is 5.32. The second kappa shape index (κ2) is 6.56. The summed E-state index contributed by atoms with van der Waals surface area (Å²) in [6.45, 7) is 2.52. The standard InChI is InChI=1S/C18H26IN7/c1-24-13-6-7-14(24)9-25(8-13)11-2-4-12(5-3-11)26-18-15(16(19)23-26)17(20)21-10-22-18/h10-14H,2-9H2,1H3,(H2,20,21,22)/t11-,12-,13?,14?. The number of aromatic nitrogens is 4. The van der Waals surface area contributed by atoms with Crippen molar-refractivity contribution >= 4 is 39.4 Å². The van der Waals surface area contributed by atoms with Crippen LogP contribution in [0.5, 0.6) is 0 Å². The molecular formula is C18H26IN7. The van der Waals surface area contributed by atoms with Gasteiger partial charge in [-0.15, -0.1) is 0 Å². The van der Waals surface area contributed by atoms with Gasteiger partial charge in [0, 0.05) is 31.2 Å². The van der Waals surface area contributed by atoms with Gasteiger partial charge in [-0.2, -0.15) is 5.10 Å². The summed E-state index contributed by atoms with van der Waals surface area (Å²) in [6, 6.07) is 2.73. The van der Waals surface area contributed by atoms with Crippen molar-refractivity contribution in [1.82, 2.24) is 29.5 Å². The van der Waals surface area contributed by atoms with Gasteiger partial charge < -0.3 is 5.73 Å². The maximum atomic E-state index is 6.04. The maximum absolute atomic E-state index is 6.04. The number of hydrogen-bond acceptors (Lipinski definition) is 6. The highest BCUT2D eigenvalue weighted by Crippen LogP contribution is 2.37. The van der Waals surface area contributed by atoms with Gasteiger partial charge in [-0.05, 0) is 68.2 Å². The van der Waals surface area contributed by atoms with Gasteiger partial charge in [-0.3, -0.25) is 9.80 Å². The monoisotopic (exact) mass is 467 g/mol. The Hall–Kier alpha value is -1.00. The first-order chi connectivity index (χ1) is 12.6. The normalized spacial score (nSPS) is 33.2. The first kappa shape index (κ1) is 17.1. The van der Waals surface area contributed by atoms with Crippen molar-refractivity contribution in [2.45, 2.75) is 62.7 Å². The Bertz CT molecular complexity index is 799. The fraction of sp³-hybridized carbons (Fsp3) is 0.722. The molecule has 0 aromatic carbocycles. The van der Waals surface area contributed by atoms with E-state index in [0.717, 1.165) is 32.9 Å². The number of nitrogens with two attached hydrogens (primary N) is 1. The lowest BCUT2D eigenvalue weighted by molar-refractivity contribution is 0.0393. The second-order valence-corrected chi connectivity index (χ2v) is 9.18. The van der Waals surface area contributed by atoms with Crippen LogP contribution in [0.15, 0.2) is 6.33 Å². The number of nitrogens with zero attached hydrogens (tertiary/aromatic N) is 6. The number of anilines is 1. The van der Waals surface area contributed by atoms with E-state index in [4.69, 9.17) is 10.8 Å². The van der Waals surface area contributed by atoms with Crippen LogP contribution in [0.25, 0.3) is 11.0 Å². The maximum Gasteiger partial charge on any atom is 0.164 e. The van der Waals surface area contributed by atoms with Gasteiger partial charge in [-0.25, -0.2) is 14.6 Å². The minimum Gasteiger partial charge on any atom is -0.383 e. The molecule has 2 N–H and O–H groups in total. The lowest BCUT2D eigenvalue weighted by atomic mass is 9.89. The van der Waals surface area contributed by atoms with E-state index in [2.05, 4.69) is 54.1 Å². The number of halogens is 1. The summed E-state index contributed by atoms with van der Waals surface area (Å²) in [5, 5.41) is 5.66. The summed E-state index contributed by atoms with van der Waals surface area (Å²) in [4.78, 5) is 14.0. The van der Waals surface area contributed by atoms with Crippen molar-refractivity contribution in [2.75, 3.05) is 25.9 Å². The van der Waals surface area contributed by atoms with Crippen LogP contribution in [0.1, 0.15) is 44.6 Å². The summed E-state index contributed by atoms with van der Waals surface area (Å²) in [6.07, 6.45) is 9.17. The summed E-state index contributed by atoms with van der Waals surface area (Å²) in [7, 11) is 2.31. The van der Waals surface area contributed by atoms with E-state index in [1.54, 1.807) is 6.33 Å². The first-order valence-corrected chi connectivity index (χ1v) is 10.8. The Morgan fingerprint density at radius 1 is 0.962 bits per heavy atom. The lowest BCUT2D eigenvalue weighted by Gasteiger charge is -2.44. The van der Waals surface area contributed by atoms with Crippen molar-refractivity contribution in [3.63, 3.8) is 0 Å². The Morgan fingerprint density at radius 3 is 2.27 bits per heavy atom. The number of piperazine rings is 1. The number of likely N-dealkylation sites (N-methyl/N-ethyl adjacent to an activating group) is 1. The Labute approximate surface area is 167 Å². The highest BCUT2D eigenvalue weighted by molar-refractivity contribution is 14.1. The largest absolute Gasteiger partial charge is 0.383 e. The number of rotatable bonds is 2. The first-order valence-electron chi connectivity index (χ1n) is 9.72. The van der Waals surface area contributed by atoms with Crippen LogP contribution >= 0.6 is 22.6 Å². The molecule has 2 saturated heterocycles. The van der Waals surface area contributed by atoms with E-state index in [0.29, 0.717) is 11.9 Å². The van der Waals surface area contributed by atoms with Gasteiger partial charge in [0.15, 0.2) is 5.65 Å². The molecule has 7 nitrogen and oxygen atoms in total. The van der Waals surface area contributed by atoms with Crippen LogP contribution in [0, 0.1) is 3.70 Å². The molecule has 0 amide bonds. The summed E-state index contributed by atoms with van der Waals surface area (Å²) < 4.78 is 3.02. The number of hydrogen-bond donors (Lipinski definition) is 1. The van der Waals surface area contributed by atoms with Crippen molar-refractivity contribution in [3.8, 4) is 0 Å². The van der Waals surface area contributed by atoms with E-state index in [1.165, 1.54) is 51.6 Å². The fourth-order valence-corrected chi connectivity index (χ4v) is 6.07. The van der Waals surface area contributed by atoms with E-state index >= 15 is 0 Å². The third-order valence-corrected chi connectivity index (χ3v) is 7.63. The zero-order valence-electron chi connectivity index (χ0n) is 15.2. The molecule has 0 spiro atoms. The molecule has 2 aromatic heterocycles. The number of nitrogen functional groups attached to an aromatic ring is 1. The van der Waals surface area contributed by atoms with Crippen molar-refractivity contribution < 1.29 is 0 Å². The van der Waals surface area contributed by atoms with Gasteiger partial charge in [0.25, 0.3) is 0 Å². The molecule has 3 aliphatic rings. The molecule has 140 valence electrons. The van der Waals surface area contributed by atoms with Gasteiger partial charge in [0.2, 0.25) is 0 Å². The van der Waals surface area contributed by atoms with E-state index in [1.807, 2.05) is 0 Å². The minimum absolute atomic E-state index is 0.427. The van der Waals surface area contributed by atoms with Crippen molar-refractivity contribution in [2.24, 2.45) is 0 Å². The Morgan fingerprint density at radius 2 is 1.58 bits per heavy atom. The summed E-state index contributed by atoms with van der Waals surface area (Å²) >= 11 is 2.25. The molecule has 26 heavy (non-hydrogen) atoms. The molecule has 1 aliphatic carbocycles. The second-order valence-electron chi connectivity index (χ2n) is 8.16. The molecule has 3 fully saturated rings. The molecule has 4 heterocycles. The summed E-state index contributed by atoms with van der Waals surface area (Å²) in [5.41, 5.74) is 6.93. The SMILES string of the molecule is CN1C2CCC1CN([C@H]1CC[C@H](n3nc(I)c4c(N)ncnc43)CC1)C2. The van der Waals surface area contributed by atoms with Crippen LogP contribution in [0.2, 0.25) is 0 Å². The highest BCUT2D eigenvalue weighted by atomic mass is 127. The van der Waals surface area contributed by atoms with Gasteiger partial charge >= 0.3 is 0 Å². The number of likely N-dealkylation sites (tertiary alicyclic amines) is 1. The molecular weight excluding hydrogens is 441 g/mol. The van der Waals surface area contributed by atoms with Crippen LogP contribution in [0.4, 0.5) is 5.82 Å². The third kappa shape index (κ3) is 2.72. The van der Waals surface area contributed by atoms with Crippen molar-refractivity contribution in [3.05, 3.63) is 10.0 Å². The van der Waals surface area contributed by atoms with E-state index in [9.17, 15) is 0 Å². The zero-order valence-corrected chi connectivity index (χ0v) is 17.3. The summed E-state index contributed by atoms with van der Waals surface area (Å²) in [5.74, 6) is 0.534. The molecule has 2 aromatic rings. The zero-order chi connectivity index (χ0) is 17.8. The molecule has 1 saturated carbocycles. The lowest BCUT2D eigenvalue weighted by Crippen LogP contribution is -2.55. The minimum atomic E-state index is 0.427.